The summed E-state index contributed by atoms with van der Waals surface area (Å²) >= 11 is 0. The predicted octanol–water partition coefficient (Wildman–Crippen LogP) is 2.15. The summed E-state index contributed by atoms with van der Waals surface area (Å²) in [4.78, 5) is 11.0. The SMILES string of the molecule is O=C(/C=C/CF)Nc1ccccc1. The average Bonchev–Trinajstić information content (AvgIpc) is 2.16. The molecule has 0 bridgehead atoms. The molecule has 1 aromatic rings. The molecule has 1 aromatic carbocycles. The van der Waals surface area contributed by atoms with E-state index in [1.807, 2.05) is 18.2 Å². The molecule has 3 heteroatoms. The highest BCUT2D eigenvalue weighted by Gasteiger charge is 1.94. The third-order valence-electron chi connectivity index (χ3n) is 1.40. The summed E-state index contributed by atoms with van der Waals surface area (Å²) in [5.74, 6) is -0.316. The third kappa shape index (κ3) is 3.51. The molecule has 1 amide bonds. The normalized spacial score (nSPS) is 10.2. The number of anilines is 1. The standard InChI is InChI=1S/C10H10FNO/c11-8-4-7-10(13)12-9-5-2-1-3-6-9/h1-7H,8H2,(H,12,13)/b7-4+. The number of hydrogen-bond donors (Lipinski definition) is 1. The Labute approximate surface area is 76.1 Å². The van der Waals surface area contributed by atoms with E-state index in [1.165, 1.54) is 6.08 Å². The van der Waals surface area contributed by atoms with Crippen molar-refractivity contribution in [2.24, 2.45) is 0 Å². The van der Waals surface area contributed by atoms with Gasteiger partial charge in [0.25, 0.3) is 0 Å². The minimum absolute atomic E-state index is 0.316. The number of hydrogen-bond acceptors (Lipinski definition) is 1. The van der Waals surface area contributed by atoms with Crippen LogP contribution in [0.15, 0.2) is 42.5 Å². The van der Waals surface area contributed by atoms with Crippen molar-refractivity contribution in [3.05, 3.63) is 42.5 Å². The minimum Gasteiger partial charge on any atom is -0.323 e. The van der Waals surface area contributed by atoms with E-state index in [1.54, 1.807) is 12.1 Å². The molecular formula is C10H10FNO. The molecule has 0 heterocycles. The van der Waals surface area contributed by atoms with Crippen molar-refractivity contribution in [2.45, 2.75) is 0 Å². The number of nitrogens with one attached hydrogen (secondary N) is 1. The molecule has 0 atom stereocenters. The summed E-state index contributed by atoms with van der Waals surface area (Å²) in [6, 6.07) is 9.01. The summed E-state index contributed by atoms with van der Waals surface area (Å²) in [5, 5.41) is 2.58. The van der Waals surface area contributed by atoms with Crippen molar-refractivity contribution in [3.8, 4) is 0 Å². The molecular weight excluding hydrogens is 169 g/mol. The van der Waals surface area contributed by atoms with Crippen molar-refractivity contribution < 1.29 is 9.18 Å². The zero-order valence-electron chi connectivity index (χ0n) is 7.03. The molecule has 0 saturated carbocycles. The number of allylic oxidation sites excluding steroid dienone is 1. The highest BCUT2D eigenvalue weighted by atomic mass is 19.1. The fourth-order valence-electron chi connectivity index (χ4n) is 0.857. The molecule has 68 valence electrons. The van der Waals surface area contributed by atoms with Gasteiger partial charge >= 0.3 is 0 Å². The Morgan fingerprint density at radius 2 is 2.08 bits per heavy atom. The van der Waals surface area contributed by atoms with Crippen LogP contribution in [0, 0.1) is 0 Å². The van der Waals surface area contributed by atoms with Gasteiger partial charge in [-0.05, 0) is 18.2 Å². The number of halogens is 1. The Hall–Kier alpha value is -1.64. The van der Waals surface area contributed by atoms with Gasteiger partial charge in [0.2, 0.25) is 5.91 Å². The second kappa shape index (κ2) is 5.09. The third-order valence-corrected chi connectivity index (χ3v) is 1.40. The fraction of sp³-hybridized carbons (Fsp3) is 0.100. The lowest BCUT2D eigenvalue weighted by molar-refractivity contribution is -0.111. The van der Waals surface area contributed by atoms with Crippen molar-refractivity contribution in [3.63, 3.8) is 0 Å². The molecule has 0 radical (unpaired) electrons. The van der Waals surface area contributed by atoms with Crippen molar-refractivity contribution >= 4 is 11.6 Å². The summed E-state index contributed by atoms with van der Waals surface area (Å²) in [5.41, 5.74) is 0.705. The van der Waals surface area contributed by atoms with Crippen molar-refractivity contribution in [1.82, 2.24) is 0 Å². The van der Waals surface area contributed by atoms with Gasteiger partial charge in [0.1, 0.15) is 6.67 Å². The first-order valence-corrected chi connectivity index (χ1v) is 3.91. The van der Waals surface area contributed by atoms with E-state index in [4.69, 9.17) is 0 Å². The lowest BCUT2D eigenvalue weighted by Crippen LogP contribution is -2.07. The zero-order chi connectivity index (χ0) is 9.52. The van der Waals surface area contributed by atoms with Gasteiger partial charge in [-0.15, -0.1) is 0 Å². The highest BCUT2D eigenvalue weighted by Crippen LogP contribution is 2.04. The highest BCUT2D eigenvalue weighted by molar-refractivity contribution is 5.99. The molecule has 0 fully saturated rings. The van der Waals surface area contributed by atoms with Crippen LogP contribution in [0.25, 0.3) is 0 Å². The average molecular weight is 179 g/mol. The van der Waals surface area contributed by atoms with Gasteiger partial charge in [0.15, 0.2) is 0 Å². The van der Waals surface area contributed by atoms with E-state index in [-0.39, 0.29) is 5.91 Å². The fourth-order valence-corrected chi connectivity index (χ4v) is 0.857. The molecule has 0 unspecified atom stereocenters. The van der Waals surface area contributed by atoms with Crippen LogP contribution in [0.1, 0.15) is 0 Å². The van der Waals surface area contributed by atoms with Crippen LogP contribution in [-0.2, 0) is 4.79 Å². The number of rotatable bonds is 3. The van der Waals surface area contributed by atoms with E-state index < -0.39 is 6.67 Å². The molecule has 0 aromatic heterocycles. The van der Waals surface area contributed by atoms with Crippen LogP contribution in [0.4, 0.5) is 10.1 Å². The minimum atomic E-state index is -0.623. The van der Waals surface area contributed by atoms with Crippen LogP contribution >= 0.6 is 0 Å². The first-order chi connectivity index (χ1) is 6.33. The predicted molar refractivity (Wildman–Crippen MR) is 50.2 cm³/mol. The molecule has 13 heavy (non-hydrogen) atoms. The summed E-state index contributed by atoms with van der Waals surface area (Å²) in [6.07, 6.45) is 2.34. The van der Waals surface area contributed by atoms with Crippen LogP contribution in [-0.4, -0.2) is 12.6 Å². The van der Waals surface area contributed by atoms with Crippen molar-refractivity contribution in [2.75, 3.05) is 12.0 Å². The second-order valence-electron chi connectivity index (χ2n) is 2.41. The lowest BCUT2D eigenvalue weighted by atomic mass is 10.3. The number of carbonyl (C=O) groups is 1. The maximum absolute atomic E-state index is 11.6. The lowest BCUT2D eigenvalue weighted by Gasteiger charge is -1.99. The van der Waals surface area contributed by atoms with Gasteiger partial charge in [-0.25, -0.2) is 4.39 Å². The van der Waals surface area contributed by atoms with E-state index >= 15 is 0 Å². The molecule has 1 N–H and O–H groups in total. The van der Waals surface area contributed by atoms with Crippen LogP contribution in [0.5, 0.6) is 0 Å². The number of para-hydroxylation sites is 1. The molecule has 0 aliphatic heterocycles. The van der Waals surface area contributed by atoms with E-state index in [0.29, 0.717) is 5.69 Å². The largest absolute Gasteiger partial charge is 0.323 e. The Morgan fingerprint density at radius 3 is 2.69 bits per heavy atom. The number of carbonyl (C=O) groups excluding carboxylic acids is 1. The first-order valence-electron chi connectivity index (χ1n) is 3.91. The maximum Gasteiger partial charge on any atom is 0.248 e. The topological polar surface area (TPSA) is 29.1 Å². The first kappa shape index (κ1) is 9.45. The quantitative estimate of drug-likeness (QED) is 0.708. The summed E-state index contributed by atoms with van der Waals surface area (Å²) in [6.45, 7) is -0.623. The summed E-state index contributed by atoms with van der Waals surface area (Å²) in [7, 11) is 0. The van der Waals surface area contributed by atoms with Crippen LogP contribution in [0.3, 0.4) is 0 Å². The van der Waals surface area contributed by atoms with Crippen molar-refractivity contribution in [1.29, 1.82) is 0 Å². The van der Waals surface area contributed by atoms with Crippen LogP contribution in [0.2, 0.25) is 0 Å². The zero-order valence-corrected chi connectivity index (χ0v) is 7.03. The van der Waals surface area contributed by atoms with E-state index in [9.17, 15) is 9.18 Å². The molecule has 0 spiro atoms. The number of alkyl halides is 1. The molecule has 0 aliphatic rings. The monoisotopic (exact) mass is 179 g/mol. The molecule has 2 nitrogen and oxygen atoms in total. The Morgan fingerprint density at radius 1 is 1.38 bits per heavy atom. The van der Waals surface area contributed by atoms with Gasteiger partial charge in [-0.3, -0.25) is 4.79 Å². The Kier molecular flexibility index (Phi) is 3.70. The van der Waals surface area contributed by atoms with Gasteiger partial charge in [0.05, 0.1) is 0 Å². The van der Waals surface area contributed by atoms with E-state index in [0.717, 1.165) is 6.08 Å². The van der Waals surface area contributed by atoms with Gasteiger partial charge < -0.3 is 5.32 Å². The maximum atomic E-state index is 11.6. The van der Waals surface area contributed by atoms with Gasteiger partial charge in [-0.1, -0.05) is 18.2 Å². The Balaban J connectivity index is 2.50. The second-order valence-corrected chi connectivity index (χ2v) is 2.41. The number of benzene rings is 1. The van der Waals surface area contributed by atoms with E-state index in [2.05, 4.69) is 5.32 Å². The number of amides is 1. The Bertz CT molecular complexity index is 295. The smallest absolute Gasteiger partial charge is 0.248 e. The van der Waals surface area contributed by atoms with Gasteiger partial charge in [0, 0.05) is 11.8 Å². The van der Waals surface area contributed by atoms with Crippen LogP contribution < -0.4 is 5.32 Å². The summed E-state index contributed by atoms with van der Waals surface area (Å²) < 4.78 is 11.6. The molecule has 0 saturated heterocycles. The molecule has 1 rings (SSSR count). The van der Waals surface area contributed by atoms with Gasteiger partial charge in [-0.2, -0.15) is 0 Å². The molecule has 0 aliphatic carbocycles.